The summed E-state index contributed by atoms with van der Waals surface area (Å²) in [6.45, 7) is 2.11. The Kier molecular flexibility index (Phi) is 5.38. The molecule has 0 spiro atoms. The van der Waals surface area contributed by atoms with E-state index in [0.717, 1.165) is 60.3 Å². The summed E-state index contributed by atoms with van der Waals surface area (Å²) >= 11 is 7.34. The number of anilines is 2. The van der Waals surface area contributed by atoms with Crippen LogP contribution in [0.4, 0.5) is 15.1 Å². The molecule has 0 fully saturated rings. The van der Waals surface area contributed by atoms with Gasteiger partial charge in [-0.05, 0) is 87.0 Å². The molecule has 0 radical (unpaired) electrons. The lowest BCUT2D eigenvalue weighted by Gasteiger charge is -2.37. The third-order valence-electron chi connectivity index (χ3n) is 5.57. The molecule has 2 aliphatic rings. The second-order valence-corrected chi connectivity index (χ2v) is 8.86. The van der Waals surface area contributed by atoms with Gasteiger partial charge in [0, 0.05) is 16.6 Å². The minimum absolute atomic E-state index is 0.189. The molecule has 28 heavy (non-hydrogen) atoms. The molecule has 4 rings (SSSR count). The van der Waals surface area contributed by atoms with Crippen molar-refractivity contribution in [2.75, 3.05) is 17.3 Å². The number of halogens is 1. The standard InChI is InChI=1S/C21H23FN2O2S2/c1-12-7-8-13-11-14(22)9-10-16(13)24(12)21(27)23-19-18(20(25)26-2)15-5-3-4-6-17(15)28-19/h9-12H,3-8H2,1-2H3,(H,23,27). The normalized spacial score (nSPS) is 18.2. The van der Waals surface area contributed by atoms with E-state index in [9.17, 15) is 9.18 Å². The highest BCUT2D eigenvalue weighted by molar-refractivity contribution is 7.80. The number of hydrogen-bond acceptors (Lipinski definition) is 4. The summed E-state index contributed by atoms with van der Waals surface area (Å²) in [5, 5.41) is 4.61. The van der Waals surface area contributed by atoms with Crippen molar-refractivity contribution in [2.24, 2.45) is 0 Å². The van der Waals surface area contributed by atoms with Gasteiger partial charge in [0.25, 0.3) is 0 Å². The number of aryl methyl sites for hydroxylation is 2. The summed E-state index contributed by atoms with van der Waals surface area (Å²) in [6.07, 6.45) is 5.82. The molecule has 1 atom stereocenters. The highest BCUT2D eigenvalue weighted by Gasteiger charge is 2.30. The topological polar surface area (TPSA) is 41.6 Å². The van der Waals surface area contributed by atoms with E-state index in [0.29, 0.717) is 10.7 Å². The molecular weight excluding hydrogens is 395 g/mol. The number of esters is 1. The molecule has 2 heterocycles. The molecule has 1 aliphatic carbocycles. The van der Waals surface area contributed by atoms with Gasteiger partial charge in [-0.15, -0.1) is 11.3 Å². The first-order chi connectivity index (χ1) is 13.5. The van der Waals surface area contributed by atoms with Crippen LogP contribution in [0.5, 0.6) is 0 Å². The Hall–Kier alpha value is -1.99. The number of nitrogens with one attached hydrogen (secondary N) is 1. The first-order valence-electron chi connectivity index (χ1n) is 9.61. The predicted octanol–water partition coefficient (Wildman–Crippen LogP) is 5.09. The molecule has 0 bridgehead atoms. The fraction of sp³-hybridized carbons (Fsp3) is 0.429. The third kappa shape index (κ3) is 3.42. The van der Waals surface area contributed by atoms with Crippen LogP contribution in [0.25, 0.3) is 0 Å². The number of carbonyl (C=O) groups excluding carboxylic acids is 1. The lowest BCUT2D eigenvalue weighted by atomic mass is 9.95. The zero-order chi connectivity index (χ0) is 19.8. The van der Waals surface area contributed by atoms with Crippen LogP contribution in [0.2, 0.25) is 0 Å². The van der Waals surface area contributed by atoms with Crippen LogP contribution >= 0.6 is 23.6 Å². The molecular formula is C21H23FN2O2S2. The number of carbonyl (C=O) groups is 1. The van der Waals surface area contributed by atoms with Gasteiger partial charge in [-0.3, -0.25) is 0 Å². The molecule has 4 nitrogen and oxygen atoms in total. The Labute approximate surface area is 173 Å². The van der Waals surface area contributed by atoms with E-state index in [4.69, 9.17) is 17.0 Å². The van der Waals surface area contributed by atoms with E-state index in [1.54, 1.807) is 23.5 Å². The van der Waals surface area contributed by atoms with Gasteiger partial charge in [-0.25, -0.2) is 9.18 Å². The maximum Gasteiger partial charge on any atom is 0.341 e. The summed E-state index contributed by atoms with van der Waals surface area (Å²) in [5.74, 6) is -0.551. The Morgan fingerprint density at radius 1 is 1.32 bits per heavy atom. The van der Waals surface area contributed by atoms with Crippen LogP contribution in [0.1, 0.15) is 52.5 Å². The van der Waals surface area contributed by atoms with Crippen molar-refractivity contribution in [2.45, 2.75) is 51.5 Å². The molecule has 2 aromatic rings. The SMILES string of the molecule is COC(=O)c1c(NC(=S)N2c3ccc(F)cc3CCC2C)sc2c1CCCC2. The molecule has 1 aliphatic heterocycles. The monoisotopic (exact) mass is 418 g/mol. The predicted molar refractivity (Wildman–Crippen MR) is 115 cm³/mol. The van der Waals surface area contributed by atoms with Crippen LogP contribution in [-0.2, 0) is 24.0 Å². The van der Waals surface area contributed by atoms with Crippen molar-refractivity contribution < 1.29 is 13.9 Å². The number of thiocarbonyl (C=S) groups is 1. The number of nitrogens with zero attached hydrogens (tertiary/aromatic N) is 1. The fourth-order valence-corrected chi connectivity index (χ4v) is 5.88. The minimum Gasteiger partial charge on any atom is -0.465 e. The number of rotatable bonds is 2. The van der Waals surface area contributed by atoms with Crippen LogP contribution in [-0.4, -0.2) is 24.2 Å². The number of thiophene rings is 1. The van der Waals surface area contributed by atoms with E-state index in [1.165, 1.54) is 18.1 Å². The van der Waals surface area contributed by atoms with Crippen molar-refractivity contribution >= 4 is 45.3 Å². The highest BCUT2D eigenvalue weighted by atomic mass is 32.1. The quantitative estimate of drug-likeness (QED) is 0.543. The number of hydrogen-bond donors (Lipinski definition) is 1. The second kappa shape index (κ2) is 7.79. The van der Waals surface area contributed by atoms with Gasteiger partial charge < -0.3 is 15.0 Å². The van der Waals surface area contributed by atoms with Crippen LogP contribution in [0.3, 0.4) is 0 Å². The number of ether oxygens (including phenoxy) is 1. The summed E-state index contributed by atoms with van der Waals surface area (Å²) in [6, 6.07) is 5.03. The molecule has 1 aromatic heterocycles. The van der Waals surface area contributed by atoms with Crippen LogP contribution in [0, 0.1) is 5.82 Å². The highest BCUT2D eigenvalue weighted by Crippen LogP contribution is 2.39. The molecule has 7 heteroatoms. The average Bonchev–Trinajstić information content (AvgIpc) is 3.05. The van der Waals surface area contributed by atoms with Gasteiger partial charge in [0.2, 0.25) is 0 Å². The van der Waals surface area contributed by atoms with Gasteiger partial charge in [0.05, 0.1) is 12.7 Å². The van der Waals surface area contributed by atoms with Crippen LogP contribution < -0.4 is 10.2 Å². The van der Waals surface area contributed by atoms with E-state index >= 15 is 0 Å². The fourth-order valence-electron chi connectivity index (χ4n) is 4.16. The van der Waals surface area contributed by atoms with Gasteiger partial charge in [0.15, 0.2) is 5.11 Å². The molecule has 0 saturated carbocycles. The van der Waals surface area contributed by atoms with Crippen LogP contribution in [0.15, 0.2) is 18.2 Å². The van der Waals surface area contributed by atoms with Crippen molar-refractivity contribution in [3.05, 3.63) is 45.6 Å². The minimum atomic E-state index is -0.320. The third-order valence-corrected chi connectivity index (χ3v) is 7.08. The zero-order valence-electron chi connectivity index (χ0n) is 16.0. The summed E-state index contributed by atoms with van der Waals surface area (Å²) in [4.78, 5) is 15.7. The van der Waals surface area contributed by atoms with Crippen molar-refractivity contribution in [1.29, 1.82) is 0 Å². The lowest BCUT2D eigenvalue weighted by molar-refractivity contribution is 0.0601. The van der Waals surface area contributed by atoms with Crippen molar-refractivity contribution in [3.63, 3.8) is 0 Å². The largest absolute Gasteiger partial charge is 0.465 e. The molecule has 0 amide bonds. The number of fused-ring (bicyclic) bond motifs is 2. The number of methoxy groups -OCH3 is 1. The summed E-state index contributed by atoms with van der Waals surface area (Å²) in [5.41, 5.74) is 3.61. The lowest BCUT2D eigenvalue weighted by Crippen LogP contribution is -2.44. The van der Waals surface area contributed by atoms with Gasteiger partial charge in [0.1, 0.15) is 10.8 Å². The summed E-state index contributed by atoms with van der Waals surface area (Å²) < 4.78 is 18.7. The molecule has 1 N–H and O–H groups in total. The first-order valence-corrected chi connectivity index (χ1v) is 10.8. The smallest absolute Gasteiger partial charge is 0.341 e. The molecule has 148 valence electrons. The first kappa shape index (κ1) is 19.3. The number of benzene rings is 1. The van der Waals surface area contributed by atoms with Gasteiger partial charge >= 0.3 is 5.97 Å². The Balaban J connectivity index is 1.68. The molecule has 0 saturated heterocycles. The van der Waals surface area contributed by atoms with Crippen molar-refractivity contribution in [3.8, 4) is 0 Å². The van der Waals surface area contributed by atoms with Gasteiger partial charge in [-0.1, -0.05) is 0 Å². The van der Waals surface area contributed by atoms with Gasteiger partial charge in [-0.2, -0.15) is 0 Å². The average molecular weight is 419 g/mol. The maximum atomic E-state index is 13.7. The van der Waals surface area contributed by atoms with E-state index < -0.39 is 0 Å². The maximum absolute atomic E-state index is 13.7. The zero-order valence-corrected chi connectivity index (χ0v) is 17.6. The molecule has 1 unspecified atom stereocenters. The van der Waals surface area contributed by atoms with Crippen molar-refractivity contribution in [1.82, 2.24) is 0 Å². The Morgan fingerprint density at radius 2 is 2.11 bits per heavy atom. The second-order valence-electron chi connectivity index (χ2n) is 7.37. The Morgan fingerprint density at radius 3 is 2.89 bits per heavy atom. The van der Waals surface area contributed by atoms with E-state index in [2.05, 4.69) is 12.2 Å². The molecule has 1 aromatic carbocycles. The Bertz CT molecular complexity index is 941. The summed E-state index contributed by atoms with van der Waals surface area (Å²) in [7, 11) is 1.41. The van der Waals surface area contributed by atoms with E-state index in [-0.39, 0.29) is 17.8 Å². The van der Waals surface area contributed by atoms with E-state index in [1.807, 2.05) is 4.90 Å².